The van der Waals surface area contributed by atoms with Crippen LogP contribution in [0.3, 0.4) is 0 Å². The van der Waals surface area contributed by atoms with Crippen LogP contribution in [0.15, 0.2) is 29.3 Å². The molecule has 2 rings (SSSR count). The van der Waals surface area contributed by atoms with Crippen LogP contribution in [0.1, 0.15) is 52.0 Å². The van der Waals surface area contributed by atoms with Gasteiger partial charge in [0.05, 0.1) is 6.61 Å². The summed E-state index contributed by atoms with van der Waals surface area (Å²) in [5.41, 5.74) is 1.31. The topological polar surface area (TPSA) is 48.9 Å². The van der Waals surface area contributed by atoms with Gasteiger partial charge in [-0.2, -0.15) is 0 Å². The van der Waals surface area contributed by atoms with Gasteiger partial charge in [-0.05, 0) is 57.2 Å². The standard InChI is InChI=1S/C22H38N4O.HI/c1-5-6-17-27-21-9-7-19(8-10-21)11-14-24-22(23-4)25-20-12-15-26(16-13-20)18(2)3;/h7-10,18,20H,5-6,11-17H2,1-4H3,(H2,23,24,25);1H. The summed E-state index contributed by atoms with van der Waals surface area (Å²) in [5, 5.41) is 7.03. The van der Waals surface area contributed by atoms with E-state index in [0.29, 0.717) is 12.1 Å². The smallest absolute Gasteiger partial charge is 0.191 e. The number of nitrogens with one attached hydrogen (secondary N) is 2. The molecule has 0 spiro atoms. The number of ether oxygens (including phenoxy) is 1. The van der Waals surface area contributed by atoms with Gasteiger partial charge < -0.3 is 20.3 Å². The zero-order chi connectivity index (χ0) is 19.5. The van der Waals surface area contributed by atoms with Gasteiger partial charge in [0.2, 0.25) is 0 Å². The number of unbranched alkanes of at least 4 members (excludes halogenated alkanes) is 1. The van der Waals surface area contributed by atoms with Crippen molar-refractivity contribution in [3.63, 3.8) is 0 Å². The predicted octanol–water partition coefficient (Wildman–Crippen LogP) is 4.06. The number of hydrogen-bond donors (Lipinski definition) is 2. The first-order valence-electron chi connectivity index (χ1n) is 10.5. The molecule has 6 heteroatoms. The second-order valence-corrected chi connectivity index (χ2v) is 7.64. The largest absolute Gasteiger partial charge is 0.494 e. The van der Waals surface area contributed by atoms with E-state index in [2.05, 4.69) is 65.6 Å². The van der Waals surface area contributed by atoms with Crippen molar-refractivity contribution in [1.82, 2.24) is 15.5 Å². The van der Waals surface area contributed by atoms with Crippen LogP contribution in [0.2, 0.25) is 0 Å². The van der Waals surface area contributed by atoms with E-state index < -0.39 is 0 Å². The molecule has 1 aromatic rings. The van der Waals surface area contributed by atoms with Crippen molar-refractivity contribution in [2.24, 2.45) is 4.99 Å². The van der Waals surface area contributed by atoms with Gasteiger partial charge >= 0.3 is 0 Å². The summed E-state index contributed by atoms with van der Waals surface area (Å²) in [6, 6.07) is 9.61. The van der Waals surface area contributed by atoms with Gasteiger partial charge in [0, 0.05) is 38.8 Å². The minimum absolute atomic E-state index is 0. The van der Waals surface area contributed by atoms with E-state index in [1.54, 1.807) is 0 Å². The molecule has 0 aromatic heterocycles. The van der Waals surface area contributed by atoms with Crippen molar-refractivity contribution in [3.8, 4) is 5.75 Å². The minimum Gasteiger partial charge on any atom is -0.494 e. The molecule has 1 fully saturated rings. The highest BCUT2D eigenvalue weighted by atomic mass is 127. The minimum atomic E-state index is 0. The fraction of sp³-hybridized carbons (Fsp3) is 0.682. The van der Waals surface area contributed by atoms with Crippen LogP contribution >= 0.6 is 24.0 Å². The second-order valence-electron chi connectivity index (χ2n) is 7.64. The number of aliphatic imine (C=N–C) groups is 1. The zero-order valence-electron chi connectivity index (χ0n) is 18.0. The number of nitrogens with zero attached hydrogens (tertiary/aromatic N) is 2. The van der Waals surface area contributed by atoms with Crippen molar-refractivity contribution in [1.29, 1.82) is 0 Å². The van der Waals surface area contributed by atoms with E-state index in [0.717, 1.165) is 44.1 Å². The fourth-order valence-electron chi connectivity index (χ4n) is 3.36. The molecule has 2 N–H and O–H groups in total. The third kappa shape index (κ3) is 8.99. The van der Waals surface area contributed by atoms with Gasteiger partial charge in [0.25, 0.3) is 0 Å². The van der Waals surface area contributed by atoms with Gasteiger partial charge in [-0.3, -0.25) is 4.99 Å². The molecule has 28 heavy (non-hydrogen) atoms. The first-order valence-corrected chi connectivity index (χ1v) is 10.5. The van der Waals surface area contributed by atoms with Gasteiger partial charge in [-0.15, -0.1) is 24.0 Å². The van der Waals surface area contributed by atoms with Gasteiger partial charge in [-0.1, -0.05) is 25.5 Å². The van der Waals surface area contributed by atoms with E-state index in [1.165, 1.54) is 31.5 Å². The van der Waals surface area contributed by atoms with E-state index in [4.69, 9.17) is 4.74 Å². The van der Waals surface area contributed by atoms with E-state index in [-0.39, 0.29) is 24.0 Å². The lowest BCUT2D eigenvalue weighted by molar-refractivity contribution is 0.167. The number of hydrogen-bond acceptors (Lipinski definition) is 3. The van der Waals surface area contributed by atoms with Gasteiger partial charge in [0.15, 0.2) is 5.96 Å². The normalized spacial score (nSPS) is 16.0. The first kappa shape index (κ1) is 25.0. The number of piperidine rings is 1. The summed E-state index contributed by atoms with van der Waals surface area (Å²) in [4.78, 5) is 6.93. The van der Waals surface area contributed by atoms with Crippen molar-refractivity contribution < 1.29 is 4.74 Å². The molecule has 1 saturated heterocycles. The Labute approximate surface area is 188 Å². The SMILES string of the molecule is CCCCOc1ccc(CCNC(=NC)NC2CCN(C(C)C)CC2)cc1.I. The number of rotatable bonds is 9. The molecule has 5 nitrogen and oxygen atoms in total. The highest BCUT2D eigenvalue weighted by Crippen LogP contribution is 2.14. The molecule has 1 heterocycles. The van der Waals surface area contributed by atoms with E-state index in [1.807, 2.05) is 7.05 Å². The molecule has 160 valence electrons. The highest BCUT2D eigenvalue weighted by Gasteiger charge is 2.21. The van der Waals surface area contributed by atoms with Crippen LogP contribution in [-0.2, 0) is 6.42 Å². The molecular weight excluding hydrogens is 463 g/mol. The zero-order valence-corrected chi connectivity index (χ0v) is 20.4. The molecule has 0 bridgehead atoms. The van der Waals surface area contributed by atoms with Crippen LogP contribution in [0, 0.1) is 0 Å². The Balaban J connectivity index is 0.00000392. The third-order valence-electron chi connectivity index (χ3n) is 5.22. The van der Waals surface area contributed by atoms with Crippen molar-refractivity contribution in [2.45, 2.75) is 65.0 Å². The maximum atomic E-state index is 5.72. The molecule has 0 saturated carbocycles. The van der Waals surface area contributed by atoms with Crippen molar-refractivity contribution >= 4 is 29.9 Å². The summed E-state index contributed by atoms with van der Waals surface area (Å²) < 4.78 is 5.72. The molecule has 0 amide bonds. The lowest BCUT2D eigenvalue weighted by atomic mass is 10.0. The molecule has 1 aliphatic heterocycles. The maximum absolute atomic E-state index is 5.72. The molecule has 0 radical (unpaired) electrons. The average Bonchev–Trinajstić information content (AvgIpc) is 2.69. The van der Waals surface area contributed by atoms with Crippen LogP contribution in [-0.4, -0.2) is 56.2 Å². The van der Waals surface area contributed by atoms with Crippen molar-refractivity contribution in [3.05, 3.63) is 29.8 Å². The number of likely N-dealkylation sites (tertiary alicyclic amines) is 1. The Morgan fingerprint density at radius 3 is 2.46 bits per heavy atom. The second kappa shape index (κ2) is 14.0. The van der Waals surface area contributed by atoms with Gasteiger partial charge in [0.1, 0.15) is 5.75 Å². The molecule has 1 aliphatic rings. The summed E-state index contributed by atoms with van der Waals surface area (Å²) in [7, 11) is 1.85. The molecule has 0 atom stereocenters. The molecule has 0 unspecified atom stereocenters. The van der Waals surface area contributed by atoms with E-state index in [9.17, 15) is 0 Å². The summed E-state index contributed by atoms with van der Waals surface area (Å²) in [6.07, 6.45) is 5.60. The fourth-order valence-corrected chi connectivity index (χ4v) is 3.36. The summed E-state index contributed by atoms with van der Waals surface area (Å²) >= 11 is 0. The molecule has 0 aliphatic carbocycles. The number of halogens is 1. The maximum Gasteiger partial charge on any atom is 0.191 e. The van der Waals surface area contributed by atoms with Crippen LogP contribution in [0.5, 0.6) is 5.75 Å². The first-order chi connectivity index (χ1) is 13.1. The Morgan fingerprint density at radius 2 is 1.89 bits per heavy atom. The predicted molar refractivity (Wildman–Crippen MR) is 130 cm³/mol. The third-order valence-corrected chi connectivity index (χ3v) is 5.22. The number of benzene rings is 1. The Bertz CT molecular complexity index is 554. The summed E-state index contributed by atoms with van der Waals surface area (Å²) in [6.45, 7) is 10.7. The lowest BCUT2D eigenvalue weighted by Crippen LogP contribution is -2.50. The Kier molecular flexibility index (Phi) is 12.5. The van der Waals surface area contributed by atoms with Gasteiger partial charge in [-0.25, -0.2) is 0 Å². The number of guanidine groups is 1. The van der Waals surface area contributed by atoms with Crippen LogP contribution in [0.25, 0.3) is 0 Å². The molecule has 1 aromatic carbocycles. The van der Waals surface area contributed by atoms with Crippen LogP contribution < -0.4 is 15.4 Å². The average molecular weight is 502 g/mol. The summed E-state index contributed by atoms with van der Waals surface area (Å²) in [5.74, 6) is 1.88. The monoisotopic (exact) mass is 502 g/mol. The highest BCUT2D eigenvalue weighted by molar-refractivity contribution is 14.0. The molecular formula is C22H39IN4O. The van der Waals surface area contributed by atoms with Crippen molar-refractivity contribution in [2.75, 3.05) is 33.3 Å². The quantitative estimate of drug-likeness (QED) is 0.232. The van der Waals surface area contributed by atoms with E-state index >= 15 is 0 Å². The van der Waals surface area contributed by atoms with Crippen LogP contribution in [0.4, 0.5) is 0 Å². The Hall–Kier alpha value is -1.02. The Morgan fingerprint density at radius 1 is 1.21 bits per heavy atom. The lowest BCUT2D eigenvalue weighted by Gasteiger charge is -2.35.